The van der Waals surface area contributed by atoms with Crippen molar-refractivity contribution in [3.63, 3.8) is 0 Å². The van der Waals surface area contributed by atoms with Crippen molar-refractivity contribution in [3.8, 4) is 0 Å². The van der Waals surface area contributed by atoms with E-state index in [0.717, 1.165) is 17.2 Å². The quantitative estimate of drug-likeness (QED) is 0.543. The Morgan fingerprint density at radius 1 is 1.21 bits per heavy atom. The number of halogens is 1. The van der Waals surface area contributed by atoms with Gasteiger partial charge in [0, 0.05) is 23.7 Å². The van der Waals surface area contributed by atoms with Crippen molar-refractivity contribution < 1.29 is 9.18 Å². The van der Waals surface area contributed by atoms with Gasteiger partial charge in [-0.15, -0.1) is 10.2 Å². The van der Waals surface area contributed by atoms with Crippen molar-refractivity contribution in [2.75, 3.05) is 11.9 Å². The summed E-state index contributed by atoms with van der Waals surface area (Å²) in [6.07, 6.45) is 2.33. The molecule has 0 saturated carbocycles. The molecule has 24 heavy (non-hydrogen) atoms. The summed E-state index contributed by atoms with van der Waals surface area (Å²) in [5.74, 6) is 0.688. The van der Waals surface area contributed by atoms with Gasteiger partial charge in [0.2, 0.25) is 0 Å². The van der Waals surface area contributed by atoms with E-state index >= 15 is 0 Å². The molecule has 4 rings (SSSR count). The highest BCUT2D eigenvalue weighted by Gasteiger charge is 2.15. The van der Waals surface area contributed by atoms with Crippen molar-refractivity contribution >= 4 is 34.5 Å². The van der Waals surface area contributed by atoms with Gasteiger partial charge in [-0.1, -0.05) is 12.1 Å². The van der Waals surface area contributed by atoms with Gasteiger partial charge in [0.05, 0.1) is 5.52 Å². The fourth-order valence-corrected chi connectivity index (χ4v) is 2.70. The SMILES string of the molecule is CN(c1cccc(F)c1)c1nc2nncn2c2cc(C=O)ccc12. The van der Waals surface area contributed by atoms with Gasteiger partial charge in [-0.05, 0) is 30.3 Å². The Labute approximate surface area is 136 Å². The fraction of sp³-hybridized carbons (Fsp3) is 0.0588. The third-order valence-electron chi connectivity index (χ3n) is 3.91. The predicted octanol–water partition coefficient (Wildman–Crippen LogP) is 3.00. The number of fused-ring (bicyclic) bond motifs is 3. The summed E-state index contributed by atoms with van der Waals surface area (Å²) >= 11 is 0. The van der Waals surface area contributed by atoms with Gasteiger partial charge in [0.15, 0.2) is 0 Å². The number of benzene rings is 2. The maximum Gasteiger partial charge on any atom is 0.257 e. The van der Waals surface area contributed by atoms with Crippen LogP contribution in [0.15, 0.2) is 48.8 Å². The second kappa shape index (κ2) is 5.38. The molecular weight excluding hydrogens is 309 g/mol. The zero-order chi connectivity index (χ0) is 16.7. The lowest BCUT2D eigenvalue weighted by molar-refractivity contribution is 0.112. The minimum absolute atomic E-state index is 0.324. The number of nitrogens with zero attached hydrogens (tertiary/aromatic N) is 5. The number of anilines is 2. The first-order chi connectivity index (χ1) is 11.7. The average molecular weight is 321 g/mol. The van der Waals surface area contributed by atoms with Crippen LogP contribution in [0, 0.1) is 5.82 Å². The molecule has 0 saturated heterocycles. The Kier molecular flexibility index (Phi) is 3.19. The van der Waals surface area contributed by atoms with Gasteiger partial charge in [-0.3, -0.25) is 9.20 Å². The lowest BCUT2D eigenvalue weighted by Gasteiger charge is -2.20. The molecular formula is C17H12FN5O. The summed E-state index contributed by atoms with van der Waals surface area (Å²) in [5, 5.41) is 8.67. The zero-order valence-corrected chi connectivity index (χ0v) is 12.7. The first-order valence-electron chi connectivity index (χ1n) is 7.25. The molecule has 2 heterocycles. The fourth-order valence-electron chi connectivity index (χ4n) is 2.70. The van der Waals surface area contributed by atoms with E-state index in [1.807, 2.05) is 6.07 Å². The molecule has 6 nitrogen and oxygen atoms in total. The summed E-state index contributed by atoms with van der Waals surface area (Å²) in [7, 11) is 1.80. The van der Waals surface area contributed by atoms with E-state index < -0.39 is 0 Å². The van der Waals surface area contributed by atoms with Crippen LogP contribution >= 0.6 is 0 Å². The molecule has 0 aliphatic rings. The van der Waals surface area contributed by atoms with Crippen molar-refractivity contribution in [2.45, 2.75) is 0 Å². The van der Waals surface area contributed by atoms with Crippen LogP contribution in [0.3, 0.4) is 0 Å². The van der Waals surface area contributed by atoms with E-state index in [1.54, 1.807) is 46.9 Å². The van der Waals surface area contributed by atoms with Crippen LogP contribution in [0.5, 0.6) is 0 Å². The summed E-state index contributed by atoms with van der Waals surface area (Å²) in [5.41, 5.74) is 1.96. The van der Waals surface area contributed by atoms with Gasteiger partial charge in [-0.25, -0.2) is 4.39 Å². The van der Waals surface area contributed by atoms with Gasteiger partial charge < -0.3 is 4.90 Å². The van der Waals surface area contributed by atoms with Gasteiger partial charge in [-0.2, -0.15) is 4.98 Å². The van der Waals surface area contributed by atoms with Crippen LogP contribution in [0.1, 0.15) is 10.4 Å². The lowest BCUT2D eigenvalue weighted by atomic mass is 10.1. The number of aromatic nitrogens is 4. The molecule has 7 heteroatoms. The molecule has 0 bridgehead atoms. The molecule has 4 aromatic rings. The molecule has 2 aromatic carbocycles. The molecule has 0 fully saturated rings. The Morgan fingerprint density at radius 3 is 2.88 bits per heavy atom. The summed E-state index contributed by atoms with van der Waals surface area (Å²) in [6.45, 7) is 0. The largest absolute Gasteiger partial charge is 0.329 e. The monoisotopic (exact) mass is 321 g/mol. The van der Waals surface area contributed by atoms with Crippen LogP contribution in [0.4, 0.5) is 15.9 Å². The summed E-state index contributed by atoms with van der Waals surface area (Å²) in [6, 6.07) is 11.5. The maximum atomic E-state index is 13.5. The number of carbonyl (C=O) groups is 1. The Hall–Kier alpha value is -3.35. The number of hydrogen-bond acceptors (Lipinski definition) is 5. The topological polar surface area (TPSA) is 63.4 Å². The van der Waals surface area contributed by atoms with E-state index in [-0.39, 0.29) is 5.82 Å². The highest BCUT2D eigenvalue weighted by Crippen LogP contribution is 2.30. The van der Waals surface area contributed by atoms with Crippen molar-refractivity contribution in [1.29, 1.82) is 0 Å². The molecule has 118 valence electrons. The highest BCUT2D eigenvalue weighted by molar-refractivity contribution is 5.96. The number of hydrogen-bond donors (Lipinski definition) is 0. The first-order valence-corrected chi connectivity index (χ1v) is 7.25. The van der Waals surface area contributed by atoms with Crippen molar-refractivity contribution in [1.82, 2.24) is 19.6 Å². The molecule has 0 radical (unpaired) electrons. The highest BCUT2D eigenvalue weighted by atomic mass is 19.1. The van der Waals surface area contributed by atoms with Crippen LogP contribution in [0.2, 0.25) is 0 Å². The number of rotatable bonds is 3. The van der Waals surface area contributed by atoms with E-state index in [1.165, 1.54) is 12.1 Å². The molecule has 0 N–H and O–H groups in total. The van der Waals surface area contributed by atoms with Crippen LogP contribution in [-0.4, -0.2) is 32.9 Å². The first kappa shape index (κ1) is 14.3. The number of aldehydes is 1. The van der Waals surface area contributed by atoms with Crippen LogP contribution in [-0.2, 0) is 0 Å². The Morgan fingerprint density at radius 2 is 2.08 bits per heavy atom. The van der Waals surface area contributed by atoms with E-state index in [2.05, 4.69) is 15.2 Å². The normalized spacial score (nSPS) is 11.1. The number of carbonyl (C=O) groups excluding carboxylic acids is 1. The molecule has 0 unspecified atom stereocenters. The molecule has 0 spiro atoms. The average Bonchev–Trinajstić information content (AvgIpc) is 3.08. The van der Waals surface area contributed by atoms with Gasteiger partial charge in [0.25, 0.3) is 5.78 Å². The van der Waals surface area contributed by atoms with Crippen molar-refractivity contribution in [3.05, 3.63) is 60.2 Å². The Bertz CT molecular complexity index is 1080. The van der Waals surface area contributed by atoms with E-state index in [4.69, 9.17) is 0 Å². The van der Waals surface area contributed by atoms with Crippen LogP contribution in [0.25, 0.3) is 16.7 Å². The third-order valence-corrected chi connectivity index (χ3v) is 3.91. The minimum atomic E-state index is -0.324. The van der Waals surface area contributed by atoms with Gasteiger partial charge >= 0.3 is 0 Å². The maximum absolute atomic E-state index is 13.5. The molecule has 0 aliphatic heterocycles. The molecule has 0 amide bonds. The van der Waals surface area contributed by atoms with E-state index in [9.17, 15) is 9.18 Å². The minimum Gasteiger partial charge on any atom is -0.329 e. The summed E-state index contributed by atoms with van der Waals surface area (Å²) < 4.78 is 15.3. The summed E-state index contributed by atoms with van der Waals surface area (Å²) in [4.78, 5) is 17.4. The van der Waals surface area contributed by atoms with Crippen molar-refractivity contribution in [2.24, 2.45) is 0 Å². The molecule has 2 aromatic heterocycles. The lowest BCUT2D eigenvalue weighted by Crippen LogP contribution is -2.13. The smallest absolute Gasteiger partial charge is 0.257 e. The van der Waals surface area contributed by atoms with Gasteiger partial charge in [0.1, 0.15) is 24.2 Å². The zero-order valence-electron chi connectivity index (χ0n) is 12.7. The molecule has 0 aliphatic carbocycles. The van der Waals surface area contributed by atoms with E-state index in [0.29, 0.717) is 22.8 Å². The predicted molar refractivity (Wildman–Crippen MR) is 88.1 cm³/mol. The Balaban J connectivity index is 2.01. The second-order valence-corrected chi connectivity index (χ2v) is 5.37. The molecule has 0 atom stereocenters. The van der Waals surface area contributed by atoms with Crippen LogP contribution < -0.4 is 4.90 Å². The standard InChI is InChI=1S/C17H12FN5O/c1-22(13-4-2-3-12(18)8-13)16-14-6-5-11(9-24)7-15(14)23-10-19-21-17(23)20-16/h2-10H,1H3. The second-order valence-electron chi connectivity index (χ2n) is 5.37. The third kappa shape index (κ3) is 2.18.